The van der Waals surface area contributed by atoms with E-state index in [9.17, 15) is 9.18 Å². The summed E-state index contributed by atoms with van der Waals surface area (Å²) in [5, 5.41) is 2.54. The Kier molecular flexibility index (Phi) is 4.65. The highest BCUT2D eigenvalue weighted by Crippen LogP contribution is 2.22. The van der Waals surface area contributed by atoms with Gasteiger partial charge >= 0.3 is 0 Å². The second-order valence-electron chi connectivity index (χ2n) is 4.72. The van der Waals surface area contributed by atoms with Crippen molar-refractivity contribution >= 4 is 27.5 Å². The number of benzene rings is 1. The zero-order valence-corrected chi connectivity index (χ0v) is 11.5. The van der Waals surface area contributed by atoms with Crippen LogP contribution in [-0.4, -0.2) is 12.5 Å². The predicted octanol–water partition coefficient (Wildman–Crippen LogP) is 2.90. The van der Waals surface area contributed by atoms with Crippen LogP contribution in [0.15, 0.2) is 22.7 Å². The number of nitrogens with one attached hydrogen (secondary N) is 1. The van der Waals surface area contributed by atoms with Crippen LogP contribution in [-0.2, 0) is 4.79 Å². The molecule has 0 aliphatic carbocycles. The van der Waals surface area contributed by atoms with Gasteiger partial charge in [0.1, 0.15) is 5.82 Å². The molecule has 0 bridgehead atoms. The topological polar surface area (TPSA) is 55.1 Å². The summed E-state index contributed by atoms with van der Waals surface area (Å²) in [7, 11) is 0. The Morgan fingerprint density at radius 3 is 2.76 bits per heavy atom. The fourth-order valence-corrected chi connectivity index (χ4v) is 1.66. The van der Waals surface area contributed by atoms with Crippen LogP contribution in [0, 0.1) is 11.2 Å². The van der Waals surface area contributed by atoms with Crippen molar-refractivity contribution in [3.8, 4) is 0 Å². The predicted molar refractivity (Wildman–Crippen MR) is 70.2 cm³/mol. The lowest BCUT2D eigenvalue weighted by molar-refractivity contribution is -0.117. The van der Waals surface area contributed by atoms with Gasteiger partial charge in [-0.25, -0.2) is 4.39 Å². The summed E-state index contributed by atoms with van der Waals surface area (Å²) in [6.45, 7) is 4.19. The maximum absolute atomic E-state index is 13.4. The first-order valence-electron chi connectivity index (χ1n) is 5.29. The van der Waals surface area contributed by atoms with Gasteiger partial charge in [0.2, 0.25) is 5.91 Å². The number of amides is 1. The standard InChI is InChI=1S/C12H16BrFN2O/c1-12(2,7-15)6-11(17)16-10-5-8(13)3-4-9(10)14/h3-5H,6-7,15H2,1-2H3,(H,16,17). The van der Waals surface area contributed by atoms with Gasteiger partial charge in [-0.3, -0.25) is 4.79 Å². The SMILES string of the molecule is CC(C)(CN)CC(=O)Nc1cc(Br)ccc1F. The Labute approximate surface area is 109 Å². The van der Waals surface area contributed by atoms with E-state index in [1.54, 1.807) is 6.07 Å². The van der Waals surface area contributed by atoms with E-state index in [0.29, 0.717) is 11.0 Å². The van der Waals surface area contributed by atoms with Crippen LogP contribution in [0.4, 0.5) is 10.1 Å². The summed E-state index contributed by atoms with van der Waals surface area (Å²) in [5.74, 6) is -0.690. The molecule has 1 rings (SSSR count). The molecule has 1 aromatic carbocycles. The number of nitrogens with two attached hydrogens (primary N) is 1. The number of hydrogen-bond donors (Lipinski definition) is 2. The highest BCUT2D eigenvalue weighted by Gasteiger charge is 2.20. The molecule has 94 valence electrons. The van der Waals surface area contributed by atoms with Crippen LogP contribution in [0.2, 0.25) is 0 Å². The lowest BCUT2D eigenvalue weighted by Crippen LogP contribution is -2.29. The van der Waals surface area contributed by atoms with Gasteiger partial charge in [0.05, 0.1) is 5.69 Å². The molecule has 0 saturated carbocycles. The molecule has 3 nitrogen and oxygen atoms in total. The van der Waals surface area contributed by atoms with Gasteiger partial charge in [-0.05, 0) is 30.2 Å². The van der Waals surface area contributed by atoms with Crippen LogP contribution in [0.5, 0.6) is 0 Å². The molecule has 0 atom stereocenters. The number of hydrogen-bond acceptors (Lipinski definition) is 2. The Hall–Kier alpha value is -0.940. The van der Waals surface area contributed by atoms with Crippen molar-refractivity contribution < 1.29 is 9.18 Å². The van der Waals surface area contributed by atoms with Gasteiger partial charge < -0.3 is 11.1 Å². The van der Waals surface area contributed by atoms with E-state index in [2.05, 4.69) is 21.2 Å². The highest BCUT2D eigenvalue weighted by atomic mass is 79.9. The number of anilines is 1. The lowest BCUT2D eigenvalue weighted by Gasteiger charge is -2.21. The third kappa shape index (κ3) is 4.44. The van der Waals surface area contributed by atoms with Crippen molar-refractivity contribution in [3.63, 3.8) is 0 Å². The zero-order valence-electron chi connectivity index (χ0n) is 9.89. The van der Waals surface area contributed by atoms with Crippen molar-refractivity contribution in [2.24, 2.45) is 11.1 Å². The van der Waals surface area contributed by atoms with Crippen molar-refractivity contribution in [1.29, 1.82) is 0 Å². The van der Waals surface area contributed by atoms with Crippen LogP contribution in [0.3, 0.4) is 0 Å². The van der Waals surface area contributed by atoms with E-state index >= 15 is 0 Å². The third-order valence-electron chi connectivity index (χ3n) is 2.39. The molecule has 0 spiro atoms. The van der Waals surface area contributed by atoms with Crippen LogP contribution in [0.1, 0.15) is 20.3 Å². The number of carbonyl (C=O) groups is 1. The molecule has 0 aliphatic heterocycles. The van der Waals surface area contributed by atoms with E-state index < -0.39 is 5.82 Å². The molecule has 17 heavy (non-hydrogen) atoms. The third-order valence-corrected chi connectivity index (χ3v) is 2.89. The quantitative estimate of drug-likeness (QED) is 0.898. The van der Waals surface area contributed by atoms with Gasteiger partial charge in [0.15, 0.2) is 0 Å². The summed E-state index contributed by atoms with van der Waals surface area (Å²) >= 11 is 3.22. The van der Waals surface area contributed by atoms with E-state index in [4.69, 9.17) is 5.73 Å². The Bertz CT molecular complexity index is 421. The summed E-state index contributed by atoms with van der Waals surface area (Å²) in [6.07, 6.45) is 0.259. The Morgan fingerprint density at radius 1 is 1.53 bits per heavy atom. The van der Waals surface area contributed by atoms with Gasteiger partial charge in [-0.2, -0.15) is 0 Å². The molecule has 0 fully saturated rings. The van der Waals surface area contributed by atoms with Crippen molar-refractivity contribution in [2.75, 3.05) is 11.9 Å². The molecule has 1 amide bonds. The fraction of sp³-hybridized carbons (Fsp3) is 0.417. The minimum atomic E-state index is -0.452. The largest absolute Gasteiger partial charge is 0.330 e. The average molecular weight is 303 g/mol. The summed E-state index contributed by atoms with van der Waals surface area (Å²) in [6, 6.07) is 4.41. The molecule has 0 radical (unpaired) electrons. The first kappa shape index (κ1) is 14.1. The minimum Gasteiger partial charge on any atom is -0.330 e. The maximum atomic E-state index is 13.4. The highest BCUT2D eigenvalue weighted by molar-refractivity contribution is 9.10. The fourth-order valence-electron chi connectivity index (χ4n) is 1.29. The first-order chi connectivity index (χ1) is 7.84. The number of rotatable bonds is 4. The average Bonchev–Trinajstić information content (AvgIpc) is 2.23. The molecule has 0 unspecified atom stereocenters. The Balaban J connectivity index is 2.71. The van der Waals surface area contributed by atoms with Gasteiger partial charge in [0.25, 0.3) is 0 Å². The molecule has 0 saturated heterocycles. The van der Waals surface area contributed by atoms with Crippen molar-refractivity contribution in [2.45, 2.75) is 20.3 Å². The van der Waals surface area contributed by atoms with Gasteiger partial charge in [-0.1, -0.05) is 29.8 Å². The van der Waals surface area contributed by atoms with Crippen LogP contribution in [0.25, 0.3) is 0 Å². The summed E-state index contributed by atoms with van der Waals surface area (Å²) in [4.78, 5) is 11.7. The summed E-state index contributed by atoms with van der Waals surface area (Å²) < 4.78 is 14.1. The molecule has 0 aliphatic rings. The second kappa shape index (κ2) is 5.60. The van der Waals surface area contributed by atoms with E-state index in [1.807, 2.05) is 13.8 Å². The zero-order chi connectivity index (χ0) is 13.1. The second-order valence-corrected chi connectivity index (χ2v) is 5.63. The van der Waals surface area contributed by atoms with E-state index in [-0.39, 0.29) is 23.4 Å². The molecule has 0 heterocycles. The normalized spacial score (nSPS) is 11.4. The smallest absolute Gasteiger partial charge is 0.225 e. The van der Waals surface area contributed by atoms with E-state index in [1.165, 1.54) is 12.1 Å². The molecule has 5 heteroatoms. The molecule has 0 aromatic heterocycles. The molecular weight excluding hydrogens is 287 g/mol. The van der Waals surface area contributed by atoms with Crippen molar-refractivity contribution in [1.82, 2.24) is 0 Å². The van der Waals surface area contributed by atoms with Crippen LogP contribution < -0.4 is 11.1 Å². The van der Waals surface area contributed by atoms with Crippen LogP contribution >= 0.6 is 15.9 Å². The molecule has 1 aromatic rings. The first-order valence-corrected chi connectivity index (χ1v) is 6.08. The lowest BCUT2D eigenvalue weighted by atomic mass is 9.89. The molecular formula is C12H16BrFN2O. The van der Waals surface area contributed by atoms with Gasteiger partial charge in [0, 0.05) is 10.9 Å². The minimum absolute atomic E-state index is 0.178. The van der Waals surface area contributed by atoms with E-state index in [0.717, 1.165) is 0 Å². The Morgan fingerprint density at radius 2 is 2.18 bits per heavy atom. The number of halogens is 2. The number of carbonyl (C=O) groups excluding carboxylic acids is 1. The van der Waals surface area contributed by atoms with Gasteiger partial charge in [-0.15, -0.1) is 0 Å². The van der Waals surface area contributed by atoms with Crippen molar-refractivity contribution in [3.05, 3.63) is 28.5 Å². The summed E-state index contributed by atoms with van der Waals surface area (Å²) in [5.41, 5.74) is 5.43. The maximum Gasteiger partial charge on any atom is 0.225 e. The molecule has 3 N–H and O–H groups in total. The monoisotopic (exact) mass is 302 g/mol.